The van der Waals surface area contributed by atoms with Gasteiger partial charge in [0.05, 0.1) is 20.0 Å². The van der Waals surface area contributed by atoms with Gasteiger partial charge in [0.15, 0.2) is 22.5 Å². The van der Waals surface area contributed by atoms with Gasteiger partial charge in [-0.2, -0.15) is 0 Å². The van der Waals surface area contributed by atoms with Crippen molar-refractivity contribution in [1.29, 1.82) is 0 Å². The van der Waals surface area contributed by atoms with E-state index in [0.29, 0.717) is 33.2 Å². The molecule has 1 heterocycles. The molecule has 0 saturated heterocycles. The molecule has 0 unspecified atom stereocenters. The quantitative estimate of drug-likeness (QED) is 0.586. The fraction of sp³-hybridized carbons (Fsp3) is 0.211. The van der Waals surface area contributed by atoms with Gasteiger partial charge in [-0.3, -0.25) is 4.79 Å². The molecule has 0 fully saturated rings. The molecule has 0 bridgehead atoms. The summed E-state index contributed by atoms with van der Waals surface area (Å²) in [4.78, 5) is 12.2. The molecule has 9 heteroatoms. The van der Waals surface area contributed by atoms with Crippen molar-refractivity contribution in [3.8, 4) is 22.9 Å². The molecule has 1 aromatic heterocycles. The zero-order valence-electron chi connectivity index (χ0n) is 15.6. The molecule has 0 spiro atoms. The lowest BCUT2D eigenvalue weighted by molar-refractivity contribution is -0.113. The van der Waals surface area contributed by atoms with Crippen LogP contribution < -0.4 is 14.8 Å². The van der Waals surface area contributed by atoms with Gasteiger partial charge in [0.1, 0.15) is 0 Å². The number of hydrogen-bond donors (Lipinski definition) is 1. The van der Waals surface area contributed by atoms with E-state index in [0.717, 1.165) is 5.56 Å². The van der Waals surface area contributed by atoms with Crippen LogP contribution in [0.5, 0.6) is 11.5 Å². The molecule has 28 heavy (non-hydrogen) atoms. The summed E-state index contributed by atoms with van der Waals surface area (Å²) in [7, 11) is 5.02. The summed E-state index contributed by atoms with van der Waals surface area (Å²) in [6.45, 7) is 0. The molecule has 3 aromatic rings. The summed E-state index contributed by atoms with van der Waals surface area (Å²) in [5.74, 6) is 1.99. The molecule has 0 radical (unpaired) electrons. The van der Waals surface area contributed by atoms with E-state index in [4.69, 9.17) is 21.1 Å². The van der Waals surface area contributed by atoms with Crippen molar-refractivity contribution in [3.63, 3.8) is 0 Å². The number of thioether (sulfide) groups is 1. The Labute approximate surface area is 172 Å². The minimum atomic E-state index is -0.136. The summed E-state index contributed by atoms with van der Waals surface area (Å²) in [6.07, 6.45) is 0. The van der Waals surface area contributed by atoms with Gasteiger partial charge in [0.2, 0.25) is 5.91 Å². The van der Waals surface area contributed by atoms with E-state index in [1.807, 2.05) is 29.8 Å². The third-order valence-electron chi connectivity index (χ3n) is 3.94. The molecular formula is C19H19ClN4O3S. The summed E-state index contributed by atoms with van der Waals surface area (Å²) in [5.41, 5.74) is 1.53. The lowest BCUT2D eigenvalue weighted by atomic mass is 10.2. The molecule has 1 amide bonds. The molecule has 7 nitrogen and oxygen atoms in total. The monoisotopic (exact) mass is 418 g/mol. The second-order valence-corrected chi connectivity index (χ2v) is 7.16. The number of carbonyl (C=O) groups is 1. The standard InChI is InChI=1S/C19H19ClN4O3S/c1-24-18(12-4-9-15(26-2)16(10-12)27-3)22-23-19(24)28-11-17(25)21-14-7-5-13(20)6-8-14/h4-10H,11H2,1-3H3,(H,21,25). The summed E-state index contributed by atoms with van der Waals surface area (Å²) < 4.78 is 12.4. The maximum Gasteiger partial charge on any atom is 0.234 e. The molecule has 0 aliphatic rings. The van der Waals surface area contributed by atoms with Gasteiger partial charge in [-0.05, 0) is 42.5 Å². The van der Waals surface area contributed by atoms with Crippen molar-refractivity contribution in [2.45, 2.75) is 5.16 Å². The number of benzene rings is 2. The number of halogens is 1. The van der Waals surface area contributed by atoms with Crippen molar-refractivity contribution in [2.75, 3.05) is 25.3 Å². The van der Waals surface area contributed by atoms with Crippen LogP contribution in [-0.2, 0) is 11.8 Å². The Bertz CT molecular complexity index is 976. The highest BCUT2D eigenvalue weighted by atomic mass is 35.5. The van der Waals surface area contributed by atoms with E-state index in [9.17, 15) is 4.79 Å². The number of ether oxygens (including phenoxy) is 2. The second-order valence-electron chi connectivity index (χ2n) is 5.78. The number of rotatable bonds is 7. The van der Waals surface area contributed by atoms with E-state index in [-0.39, 0.29) is 11.7 Å². The third-order valence-corrected chi connectivity index (χ3v) is 5.21. The van der Waals surface area contributed by atoms with Crippen LogP contribution in [0.1, 0.15) is 0 Å². The van der Waals surface area contributed by atoms with E-state index >= 15 is 0 Å². The van der Waals surface area contributed by atoms with E-state index in [2.05, 4.69) is 15.5 Å². The first kappa shape index (κ1) is 20.0. The number of anilines is 1. The largest absolute Gasteiger partial charge is 0.493 e. The normalized spacial score (nSPS) is 10.6. The Balaban J connectivity index is 1.67. The molecule has 0 aliphatic heterocycles. The maximum absolute atomic E-state index is 12.2. The lowest BCUT2D eigenvalue weighted by Gasteiger charge is -2.09. The highest BCUT2D eigenvalue weighted by Gasteiger charge is 2.15. The molecule has 2 aromatic carbocycles. The topological polar surface area (TPSA) is 78.3 Å². The van der Waals surface area contributed by atoms with Crippen molar-refractivity contribution >= 4 is 35.0 Å². The van der Waals surface area contributed by atoms with Crippen molar-refractivity contribution in [2.24, 2.45) is 7.05 Å². The van der Waals surface area contributed by atoms with Crippen LogP contribution >= 0.6 is 23.4 Å². The molecule has 3 rings (SSSR count). The second kappa shape index (κ2) is 8.99. The van der Waals surface area contributed by atoms with Crippen LogP contribution in [0.25, 0.3) is 11.4 Å². The molecule has 146 valence electrons. The smallest absolute Gasteiger partial charge is 0.234 e. The van der Waals surface area contributed by atoms with Gasteiger partial charge in [-0.25, -0.2) is 0 Å². The van der Waals surface area contributed by atoms with Crippen LogP contribution in [-0.4, -0.2) is 40.6 Å². The SMILES string of the molecule is COc1ccc(-c2nnc(SCC(=O)Nc3ccc(Cl)cc3)n2C)cc1OC. The first-order valence-corrected chi connectivity index (χ1v) is 9.68. The van der Waals surface area contributed by atoms with Gasteiger partial charge in [-0.1, -0.05) is 23.4 Å². The van der Waals surface area contributed by atoms with Crippen LogP contribution in [0.4, 0.5) is 5.69 Å². The molecule has 0 saturated carbocycles. The van der Waals surface area contributed by atoms with E-state index < -0.39 is 0 Å². The zero-order valence-corrected chi connectivity index (χ0v) is 17.2. The Morgan fingerprint density at radius 2 is 1.82 bits per heavy atom. The fourth-order valence-corrected chi connectivity index (χ4v) is 3.36. The molecule has 1 N–H and O–H groups in total. The highest BCUT2D eigenvalue weighted by molar-refractivity contribution is 7.99. The third kappa shape index (κ3) is 4.58. The van der Waals surface area contributed by atoms with E-state index in [1.165, 1.54) is 11.8 Å². The number of nitrogens with one attached hydrogen (secondary N) is 1. The van der Waals surface area contributed by atoms with Crippen molar-refractivity contribution < 1.29 is 14.3 Å². The van der Waals surface area contributed by atoms with Crippen LogP contribution in [0, 0.1) is 0 Å². The Morgan fingerprint density at radius 1 is 1.11 bits per heavy atom. The van der Waals surface area contributed by atoms with Gasteiger partial charge in [0.25, 0.3) is 0 Å². The summed E-state index contributed by atoms with van der Waals surface area (Å²) in [5, 5.41) is 12.5. The van der Waals surface area contributed by atoms with Crippen molar-refractivity contribution in [1.82, 2.24) is 14.8 Å². The fourth-order valence-electron chi connectivity index (χ4n) is 2.53. The summed E-state index contributed by atoms with van der Waals surface area (Å²) >= 11 is 7.15. The van der Waals surface area contributed by atoms with E-state index in [1.54, 1.807) is 38.5 Å². The average Bonchev–Trinajstić information content (AvgIpc) is 3.08. The zero-order chi connectivity index (χ0) is 20.1. The predicted molar refractivity (Wildman–Crippen MR) is 110 cm³/mol. The van der Waals surface area contributed by atoms with Gasteiger partial charge in [-0.15, -0.1) is 10.2 Å². The Hall–Kier alpha value is -2.71. The molecular weight excluding hydrogens is 400 g/mol. The highest BCUT2D eigenvalue weighted by Crippen LogP contribution is 2.32. The van der Waals surface area contributed by atoms with Gasteiger partial charge in [0, 0.05) is 23.3 Å². The molecule has 0 aliphatic carbocycles. The number of carbonyl (C=O) groups excluding carboxylic acids is 1. The number of hydrogen-bond acceptors (Lipinski definition) is 6. The first-order chi connectivity index (χ1) is 13.5. The van der Waals surface area contributed by atoms with Crippen molar-refractivity contribution in [3.05, 3.63) is 47.5 Å². The number of nitrogens with zero attached hydrogens (tertiary/aromatic N) is 3. The lowest BCUT2D eigenvalue weighted by Crippen LogP contribution is -2.14. The maximum atomic E-state index is 12.2. The number of aromatic nitrogens is 3. The van der Waals surface area contributed by atoms with Crippen LogP contribution in [0.15, 0.2) is 47.6 Å². The first-order valence-electron chi connectivity index (χ1n) is 8.32. The van der Waals surface area contributed by atoms with Crippen LogP contribution in [0.2, 0.25) is 5.02 Å². The summed E-state index contributed by atoms with van der Waals surface area (Å²) in [6, 6.07) is 12.5. The van der Waals surface area contributed by atoms with Crippen LogP contribution in [0.3, 0.4) is 0 Å². The Kier molecular flexibility index (Phi) is 6.43. The minimum absolute atomic E-state index is 0.136. The van der Waals surface area contributed by atoms with Gasteiger partial charge < -0.3 is 19.4 Å². The predicted octanol–water partition coefficient (Wildman–Crippen LogP) is 3.88. The number of methoxy groups -OCH3 is 2. The average molecular weight is 419 g/mol. The number of amides is 1. The molecule has 0 atom stereocenters. The minimum Gasteiger partial charge on any atom is -0.493 e. The van der Waals surface area contributed by atoms with Gasteiger partial charge >= 0.3 is 0 Å². The Morgan fingerprint density at radius 3 is 2.50 bits per heavy atom.